The van der Waals surface area contributed by atoms with E-state index in [2.05, 4.69) is 0 Å². The fourth-order valence-electron chi connectivity index (χ4n) is 2.55. The summed E-state index contributed by atoms with van der Waals surface area (Å²) in [5.74, 6) is -0.234. The quantitative estimate of drug-likeness (QED) is 0.881. The molecule has 0 aliphatic rings. The minimum absolute atomic E-state index is 0.234. The van der Waals surface area contributed by atoms with Gasteiger partial charge in [0.1, 0.15) is 5.82 Å². The molecule has 0 aliphatic heterocycles. The van der Waals surface area contributed by atoms with E-state index in [9.17, 15) is 9.50 Å². The van der Waals surface area contributed by atoms with Crippen LogP contribution in [0.3, 0.4) is 0 Å². The Bertz CT molecular complexity index is 570. The number of hydrogen-bond donors (Lipinski definition) is 1. The van der Waals surface area contributed by atoms with Crippen LogP contribution in [0.5, 0.6) is 0 Å². The van der Waals surface area contributed by atoms with Gasteiger partial charge in [0, 0.05) is 6.42 Å². The van der Waals surface area contributed by atoms with Gasteiger partial charge in [-0.2, -0.15) is 0 Å². The molecule has 0 saturated heterocycles. The van der Waals surface area contributed by atoms with Crippen LogP contribution in [-0.2, 0) is 6.42 Å². The number of aryl methyl sites for hydroxylation is 3. The molecule has 0 heterocycles. The maximum atomic E-state index is 13.1. The Morgan fingerprint density at radius 1 is 1.00 bits per heavy atom. The largest absolute Gasteiger partial charge is 0.388 e. The van der Waals surface area contributed by atoms with E-state index in [1.807, 2.05) is 39.0 Å². The summed E-state index contributed by atoms with van der Waals surface area (Å²) in [5, 5.41) is 10.4. The fraction of sp³-hybridized carbons (Fsp3) is 0.294. The van der Waals surface area contributed by atoms with Gasteiger partial charge in [-0.05, 0) is 60.7 Å². The normalized spacial score (nSPS) is 12.5. The second-order valence-electron chi connectivity index (χ2n) is 5.10. The first-order valence-electron chi connectivity index (χ1n) is 6.48. The van der Waals surface area contributed by atoms with Gasteiger partial charge >= 0.3 is 0 Å². The number of hydrogen-bond acceptors (Lipinski definition) is 1. The van der Waals surface area contributed by atoms with E-state index < -0.39 is 6.10 Å². The molecule has 100 valence electrons. The van der Waals surface area contributed by atoms with Crippen LogP contribution in [0.25, 0.3) is 0 Å². The number of aliphatic hydroxyl groups excluding tert-OH is 1. The van der Waals surface area contributed by atoms with Gasteiger partial charge in [-0.1, -0.05) is 24.3 Å². The number of benzene rings is 2. The van der Waals surface area contributed by atoms with Crippen LogP contribution in [0.2, 0.25) is 0 Å². The van der Waals surface area contributed by atoms with Crippen LogP contribution in [0.1, 0.15) is 33.9 Å². The van der Waals surface area contributed by atoms with Crippen LogP contribution < -0.4 is 0 Å². The molecule has 1 N–H and O–H groups in total. The zero-order chi connectivity index (χ0) is 14.0. The first-order chi connectivity index (χ1) is 8.99. The first-order valence-corrected chi connectivity index (χ1v) is 6.48. The lowest BCUT2D eigenvalue weighted by atomic mass is 9.92. The Balaban J connectivity index is 2.28. The predicted octanol–water partition coefficient (Wildman–Crippen LogP) is 4.03. The van der Waals surface area contributed by atoms with Crippen molar-refractivity contribution in [2.24, 2.45) is 0 Å². The molecule has 0 radical (unpaired) electrons. The highest BCUT2D eigenvalue weighted by Crippen LogP contribution is 2.26. The smallest absolute Gasteiger partial charge is 0.123 e. The third-order valence-electron chi connectivity index (χ3n) is 3.59. The number of aliphatic hydroxyl groups is 1. The van der Waals surface area contributed by atoms with Crippen molar-refractivity contribution >= 4 is 0 Å². The van der Waals surface area contributed by atoms with Crippen molar-refractivity contribution in [1.29, 1.82) is 0 Å². The van der Waals surface area contributed by atoms with Gasteiger partial charge in [0.25, 0.3) is 0 Å². The average Bonchev–Trinajstić information content (AvgIpc) is 2.32. The van der Waals surface area contributed by atoms with Gasteiger partial charge in [0.2, 0.25) is 0 Å². The summed E-state index contributed by atoms with van der Waals surface area (Å²) in [4.78, 5) is 0. The molecular formula is C17H19FO. The van der Waals surface area contributed by atoms with Gasteiger partial charge in [0.05, 0.1) is 6.10 Å². The lowest BCUT2D eigenvalue weighted by molar-refractivity contribution is 0.177. The Labute approximate surface area is 113 Å². The molecule has 0 spiro atoms. The molecule has 0 saturated carbocycles. The summed E-state index contributed by atoms with van der Waals surface area (Å²) < 4.78 is 13.1. The molecule has 1 unspecified atom stereocenters. The summed E-state index contributed by atoms with van der Waals surface area (Å²) in [6.07, 6.45) is -0.0389. The molecular weight excluding hydrogens is 239 g/mol. The second-order valence-corrected chi connectivity index (χ2v) is 5.10. The van der Waals surface area contributed by atoms with Gasteiger partial charge in [-0.25, -0.2) is 4.39 Å². The topological polar surface area (TPSA) is 20.2 Å². The molecule has 0 aromatic heterocycles. The van der Waals surface area contributed by atoms with Crippen molar-refractivity contribution in [2.75, 3.05) is 0 Å². The predicted molar refractivity (Wildman–Crippen MR) is 75.7 cm³/mol. The zero-order valence-corrected chi connectivity index (χ0v) is 11.6. The highest BCUT2D eigenvalue weighted by Gasteiger charge is 2.14. The Morgan fingerprint density at radius 3 is 2.21 bits per heavy atom. The number of rotatable bonds is 3. The number of halogens is 1. The van der Waals surface area contributed by atoms with Crippen LogP contribution >= 0.6 is 0 Å². The maximum Gasteiger partial charge on any atom is 0.123 e. The highest BCUT2D eigenvalue weighted by molar-refractivity contribution is 5.37. The van der Waals surface area contributed by atoms with Crippen molar-refractivity contribution in [1.82, 2.24) is 0 Å². The molecule has 2 heteroatoms. The van der Waals surface area contributed by atoms with Gasteiger partial charge < -0.3 is 5.11 Å². The molecule has 1 atom stereocenters. The molecule has 0 amide bonds. The molecule has 19 heavy (non-hydrogen) atoms. The van der Waals surface area contributed by atoms with Crippen molar-refractivity contribution in [3.05, 3.63) is 70.0 Å². The fourth-order valence-corrected chi connectivity index (χ4v) is 2.55. The van der Waals surface area contributed by atoms with E-state index in [1.54, 1.807) is 6.07 Å². The van der Waals surface area contributed by atoms with Crippen LogP contribution in [0, 0.1) is 26.6 Å². The highest BCUT2D eigenvalue weighted by atomic mass is 19.1. The lowest BCUT2D eigenvalue weighted by Crippen LogP contribution is -2.07. The van der Waals surface area contributed by atoms with E-state index in [0.717, 1.165) is 27.8 Å². The van der Waals surface area contributed by atoms with Crippen LogP contribution in [0.15, 0.2) is 36.4 Å². The van der Waals surface area contributed by atoms with Gasteiger partial charge in [0.15, 0.2) is 0 Å². The first kappa shape index (κ1) is 13.8. The molecule has 2 aromatic rings. The van der Waals surface area contributed by atoms with Crippen LogP contribution in [0.4, 0.5) is 4.39 Å². The molecule has 2 aromatic carbocycles. The molecule has 0 bridgehead atoms. The summed E-state index contributed by atoms with van der Waals surface area (Å²) in [6, 6.07) is 10.7. The van der Waals surface area contributed by atoms with E-state index in [1.165, 1.54) is 12.1 Å². The summed E-state index contributed by atoms with van der Waals surface area (Å²) in [6.45, 7) is 5.88. The molecule has 0 aliphatic carbocycles. The Kier molecular flexibility index (Phi) is 4.01. The van der Waals surface area contributed by atoms with Crippen molar-refractivity contribution in [3.63, 3.8) is 0 Å². The van der Waals surface area contributed by atoms with E-state index in [-0.39, 0.29) is 5.82 Å². The average molecular weight is 258 g/mol. The third-order valence-corrected chi connectivity index (χ3v) is 3.59. The van der Waals surface area contributed by atoms with Crippen molar-refractivity contribution in [2.45, 2.75) is 33.3 Å². The minimum Gasteiger partial charge on any atom is -0.388 e. The zero-order valence-electron chi connectivity index (χ0n) is 11.6. The van der Waals surface area contributed by atoms with Crippen LogP contribution in [-0.4, -0.2) is 5.11 Å². The second kappa shape index (κ2) is 5.54. The summed E-state index contributed by atoms with van der Waals surface area (Å²) in [5.41, 5.74) is 5.02. The monoisotopic (exact) mass is 258 g/mol. The summed E-state index contributed by atoms with van der Waals surface area (Å²) in [7, 11) is 0. The Morgan fingerprint density at radius 2 is 1.63 bits per heavy atom. The standard InChI is InChI=1S/C17H19FO/c1-11-5-4-6-12(2)17(11)16(19)10-14-7-8-15(18)9-13(14)3/h4-9,16,19H,10H2,1-3H3. The van der Waals surface area contributed by atoms with E-state index in [4.69, 9.17) is 0 Å². The van der Waals surface area contributed by atoms with Gasteiger partial charge in [-0.3, -0.25) is 0 Å². The minimum atomic E-state index is -0.551. The van der Waals surface area contributed by atoms with Gasteiger partial charge in [-0.15, -0.1) is 0 Å². The SMILES string of the molecule is Cc1cc(F)ccc1CC(O)c1c(C)cccc1C. The van der Waals surface area contributed by atoms with E-state index in [0.29, 0.717) is 6.42 Å². The van der Waals surface area contributed by atoms with E-state index >= 15 is 0 Å². The maximum absolute atomic E-state index is 13.1. The van der Waals surface area contributed by atoms with Crippen molar-refractivity contribution in [3.8, 4) is 0 Å². The third kappa shape index (κ3) is 3.02. The Hall–Kier alpha value is -1.67. The lowest BCUT2D eigenvalue weighted by Gasteiger charge is -2.17. The molecule has 2 rings (SSSR count). The summed E-state index contributed by atoms with van der Waals surface area (Å²) >= 11 is 0. The molecule has 1 nitrogen and oxygen atoms in total. The molecule has 0 fully saturated rings. The van der Waals surface area contributed by atoms with Crippen molar-refractivity contribution < 1.29 is 9.50 Å².